The van der Waals surface area contributed by atoms with Crippen molar-refractivity contribution in [1.82, 2.24) is 10.2 Å². The van der Waals surface area contributed by atoms with Crippen molar-refractivity contribution in [2.24, 2.45) is 0 Å². The summed E-state index contributed by atoms with van der Waals surface area (Å²) >= 11 is 0. The molecule has 1 heterocycles. The second-order valence-corrected chi connectivity index (χ2v) is 7.26. The highest BCUT2D eigenvalue weighted by atomic mass is 16.5. The first kappa shape index (κ1) is 19.5. The molecule has 2 rings (SSSR count). The van der Waals surface area contributed by atoms with Crippen LogP contribution in [0.4, 0.5) is 0 Å². The first-order valence-electron chi connectivity index (χ1n) is 8.67. The summed E-state index contributed by atoms with van der Waals surface area (Å²) in [6.07, 6.45) is 0.391. The van der Waals surface area contributed by atoms with Crippen molar-refractivity contribution in [2.45, 2.75) is 45.4 Å². The highest BCUT2D eigenvalue weighted by Gasteiger charge is 2.33. The van der Waals surface area contributed by atoms with E-state index in [1.54, 1.807) is 32.4 Å². The lowest BCUT2D eigenvalue weighted by molar-refractivity contribution is -0.0948. The molecule has 1 fully saturated rings. The standard InChI is InChI=1S/C19H30N2O4/c1-13-10-21(11-14(2)25-13)19(3,4)12-20-18(22)15-7-16(23-5)9-17(8-15)24-6/h7-9,13-14H,10-12H2,1-6H3,(H,20,22). The fourth-order valence-corrected chi connectivity index (χ4v) is 3.12. The number of carbonyl (C=O) groups is 1. The van der Waals surface area contributed by atoms with Crippen molar-refractivity contribution in [1.29, 1.82) is 0 Å². The first-order chi connectivity index (χ1) is 11.7. The molecule has 2 unspecified atom stereocenters. The highest BCUT2D eigenvalue weighted by Crippen LogP contribution is 2.23. The number of nitrogens with one attached hydrogen (secondary N) is 1. The van der Waals surface area contributed by atoms with Crippen molar-refractivity contribution in [2.75, 3.05) is 33.9 Å². The lowest BCUT2D eigenvalue weighted by Crippen LogP contribution is -2.58. The van der Waals surface area contributed by atoms with Crippen LogP contribution in [0.25, 0.3) is 0 Å². The van der Waals surface area contributed by atoms with Crippen LogP contribution >= 0.6 is 0 Å². The van der Waals surface area contributed by atoms with Gasteiger partial charge in [-0.25, -0.2) is 0 Å². The van der Waals surface area contributed by atoms with E-state index < -0.39 is 0 Å². The van der Waals surface area contributed by atoms with Crippen LogP contribution in [-0.2, 0) is 4.74 Å². The Morgan fingerprint density at radius 2 is 1.68 bits per heavy atom. The zero-order chi connectivity index (χ0) is 18.6. The number of carbonyl (C=O) groups excluding carboxylic acids is 1. The Morgan fingerprint density at radius 1 is 1.16 bits per heavy atom. The van der Waals surface area contributed by atoms with Crippen molar-refractivity contribution in [3.63, 3.8) is 0 Å². The number of benzene rings is 1. The number of amides is 1. The summed E-state index contributed by atoms with van der Waals surface area (Å²) in [5, 5.41) is 3.04. The number of methoxy groups -OCH3 is 2. The molecule has 140 valence electrons. The maximum Gasteiger partial charge on any atom is 0.251 e. The average molecular weight is 350 g/mol. The third-order valence-electron chi connectivity index (χ3n) is 4.57. The van der Waals surface area contributed by atoms with Crippen LogP contribution in [-0.4, -0.2) is 62.4 Å². The number of ether oxygens (including phenoxy) is 3. The summed E-state index contributed by atoms with van der Waals surface area (Å²) in [7, 11) is 3.14. The highest BCUT2D eigenvalue weighted by molar-refractivity contribution is 5.95. The summed E-state index contributed by atoms with van der Waals surface area (Å²) in [6.45, 7) is 10.7. The Kier molecular flexibility index (Phi) is 6.30. The van der Waals surface area contributed by atoms with E-state index >= 15 is 0 Å². The van der Waals surface area contributed by atoms with Gasteiger partial charge in [0.2, 0.25) is 0 Å². The number of nitrogens with zero attached hydrogens (tertiary/aromatic N) is 1. The maximum atomic E-state index is 12.6. The molecule has 1 aliphatic heterocycles. The number of hydrogen-bond acceptors (Lipinski definition) is 5. The second kappa shape index (κ2) is 8.06. The minimum atomic E-state index is -0.162. The van der Waals surface area contributed by atoms with Crippen LogP contribution in [0.5, 0.6) is 11.5 Å². The second-order valence-electron chi connectivity index (χ2n) is 7.26. The smallest absolute Gasteiger partial charge is 0.251 e. The Morgan fingerprint density at radius 3 is 2.16 bits per heavy atom. The van der Waals surface area contributed by atoms with Gasteiger partial charge in [0.15, 0.2) is 0 Å². The van der Waals surface area contributed by atoms with Gasteiger partial charge in [-0.05, 0) is 39.8 Å². The predicted molar refractivity (Wildman–Crippen MR) is 97.5 cm³/mol. The summed E-state index contributed by atoms with van der Waals surface area (Å²) in [6, 6.07) is 5.17. The van der Waals surface area contributed by atoms with Crippen LogP contribution in [0.2, 0.25) is 0 Å². The molecule has 0 aromatic heterocycles. The lowest BCUT2D eigenvalue weighted by Gasteiger charge is -2.45. The molecule has 6 heteroatoms. The van der Waals surface area contributed by atoms with Gasteiger partial charge in [-0.2, -0.15) is 0 Å². The van der Waals surface area contributed by atoms with Crippen molar-refractivity contribution < 1.29 is 19.0 Å². The van der Waals surface area contributed by atoms with Gasteiger partial charge in [0.05, 0.1) is 26.4 Å². The Bertz CT molecular complexity index is 571. The molecule has 1 amide bonds. The zero-order valence-electron chi connectivity index (χ0n) is 16.1. The molecule has 1 saturated heterocycles. The van der Waals surface area contributed by atoms with E-state index in [1.165, 1.54) is 0 Å². The van der Waals surface area contributed by atoms with Gasteiger partial charge in [-0.15, -0.1) is 0 Å². The van der Waals surface area contributed by atoms with Crippen LogP contribution in [0.1, 0.15) is 38.1 Å². The van der Waals surface area contributed by atoms with Gasteiger partial charge < -0.3 is 19.5 Å². The maximum absolute atomic E-state index is 12.6. The van der Waals surface area contributed by atoms with E-state index in [4.69, 9.17) is 14.2 Å². The number of hydrogen-bond donors (Lipinski definition) is 1. The molecule has 1 aromatic rings. The topological polar surface area (TPSA) is 60.0 Å². The van der Waals surface area contributed by atoms with E-state index in [1.807, 2.05) is 0 Å². The lowest BCUT2D eigenvalue weighted by atomic mass is 10.00. The van der Waals surface area contributed by atoms with E-state index in [-0.39, 0.29) is 23.7 Å². The normalized spacial score (nSPS) is 21.7. The molecular formula is C19H30N2O4. The molecule has 0 aliphatic carbocycles. The first-order valence-corrected chi connectivity index (χ1v) is 8.67. The largest absolute Gasteiger partial charge is 0.497 e. The van der Waals surface area contributed by atoms with Crippen molar-refractivity contribution >= 4 is 5.91 Å². The van der Waals surface area contributed by atoms with E-state index in [9.17, 15) is 4.79 Å². The molecule has 2 atom stereocenters. The summed E-state index contributed by atoms with van der Waals surface area (Å²) in [5.41, 5.74) is 0.362. The molecule has 1 N–H and O–H groups in total. The Labute approximate surface area is 150 Å². The number of morpholine rings is 1. The zero-order valence-corrected chi connectivity index (χ0v) is 16.1. The van der Waals surface area contributed by atoms with E-state index in [2.05, 4.69) is 37.9 Å². The van der Waals surface area contributed by atoms with Crippen LogP contribution in [0.3, 0.4) is 0 Å². The van der Waals surface area contributed by atoms with Gasteiger partial charge >= 0.3 is 0 Å². The molecule has 1 aliphatic rings. The van der Waals surface area contributed by atoms with Crippen LogP contribution < -0.4 is 14.8 Å². The van der Waals surface area contributed by atoms with Crippen molar-refractivity contribution in [3.05, 3.63) is 23.8 Å². The van der Waals surface area contributed by atoms with Crippen LogP contribution in [0.15, 0.2) is 18.2 Å². The van der Waals surface area contributed by atoms with Crippen LogP contribution in [0, 0.1) is 0 Å². The summed E-state index contributed by atoms with van der Waals surface area (Å²) in [4.78, 5) is 14.9. The molecule has 0 bridgehead atoms. The summed E-state index contributed by atoms with van der Waals surface area (Å²) in [5.74, 6) is 1.05. The fourth-order valence-electron chi connectivity index (χ4n) is 3.12. The van der Waals surface area contributed by atoms with Gasteiger partial charge in [0, 0.05) is 36.8 Å². The molecule has 1 aromatic carbocycles. The SMILES string of the molecule is COc1cc(OC)cc(C(=O)NCC(C)(C)N2CC(C)OC(C)C2)c1. The fraction of sp³-hybridized carbons (Fsp3) is 0.632. The minimum Gasteiger partial charge on any atom is -0.497 e. The number of rotatable bonds is 6. The third kappa shape index (κ3) is 5.09. The van der Waals surface area contributed by atoms with Crippen molar-refractivity contribution in [3.8, 4) is 11.5 Å². The average Bonchev–Trinajstić information content (AvgIpc) is 2.58. The van der Waals surface area contributed by atoms with E-state index in [0.29, 0.717) is 23.6 Å². The minimum absolute atomic E-state index is 0.139. The third-order valence-corrected chi connectivity index (χ3v) is 4.57. The summed E-state index contributed by atoms with van der Waals surface area (Å²) < 4.78 is 16.3. The van der Waals surface area contributed by atoms with Gasteiger partial charge in [-0.1, -0.05) is 0 Å². The molecule has 25 heavy (non-hydrogen) atoms. The molecule has 6 nitrogen and oxygen atoms in total. The molecule has 0 spiro atoms. The van der Waals surface area contributed by atoms with Gasteiger partial charge in [-0.3, -0.25) is 9.69 Å². The molecule has 0 saturated carbocycles. The van der Waals surface area contributed by atoms with Gasteiger partial charge in [0.1, 0.15) is 11.5 Å². The van der Waals surface area contributed by atoms with Gasteiger partial charge in [0.25, 0.3) is 5.91 Å². The predicted octanol–water partition coefficient (Wildman–Crippen LogP) is 2.32. The Hall–Kier alpha value is -1.79. The van der Waals surface area contributed by atoms with E-state index in [0.717, 1.165) is 13.1 Å². The monoisotopic (exact) mass is 350 g/mol. The molecular weight excluding hydrogens is 320 g/mol. The quantitative estimate of drug-likeness (QED) is 0.853. The molecule has 0 radical (unpaired) electrons. The Balaban J connectivity index is 2.03.